The smallest absolute Gasteiger partial charge is 0.264 e. The maximum atomic E-state index is 12.6. The molecule has 3 aromatic rings. The highest BCUT2D eigenvalue weighted by atomic mass is 16.2. The molecule has 3 heterocycles. The van der Waals surface area contributed by atoms with E-state index in [9.17, 15) is 9.59 Å². The number of hydrogen-bond acceptors (Lipinski definition) is 5. The second kappa shape index (κ2) is 6.55. The molecule has 1 saturated carbocycles. The third kappa shape index (κ3) is 3.13. The molecular weight excluding hydrogens is 332 g/mol. The number of H-pyrrole nitrogens is 1. The van der Waals surface area contributed by atoms with E-state index in [0.29, 0.717) is 17.4 Å². The quantitative estimate of drug-likeness (QED) is 0.724. The molecule has 0 aliphatic heterocycles. The summed E-state index contributed by atoms with van der Waals surface area (Å²) < 4.78 is 1.88. The highest BCUT2D eigenvalue weighted by Gasteiger charge is 2.36. The molecule has 26 heavy (non-hydrogen) atoms. The summed E-state index contributed by atoms with van der Waals surface area (Å²) in [5, 5.41) is 2.94. The van der Waals surface area contributed by atoms with Gasteiger partial charge in [0.25, 0.3) is 11.5 Å². The van der Waals surface area contributed by atoms with Gasteiger partial charge in [-0.1, -0.05) is 6.07 Å². The van der Waals surface area contributed by atoms with Gasteiger partial charge in [0.2, 0.25) is 0 Å². The molecule has 2 N–H and O–H groups in total. The Morgan fingerprint density at radius 1 is 1.27 bits per heavy atom. The van der Waals surface area contributed by atoms with Crippen molar-refractivity contribution in [3.05, 3.63) is 64.7 Å². The normalized spacial score (nSPS) is 14.8. The van der Waals surface area contributed by atoms with Crippen molar-refractivity contribution < 1.29 is 4.79 Å². The minimum Gasteiger partial charge on any atom is -0.342 e. The third-order valence-corrected chi connectivity index (χ3v) is 4.47. The molecule has 0 spiro atoms. The van der Waals surface area contributed by atoms with Crippen molar-refractivity contribution in [1.29, 1.82) is 0 Å². The van der Waals surface area contributed by atoms with Gasteiger partial charge >= 0.3 is 0 Å². The van der Waals surface area contributed by atoms with Crippen LogP contribution in [0.2, 0.25) is 0 Å². The molecule has 0 aromatic carbocycles. The van der Waals surface area contributed by atoms with E-state index in [-0.39, 0.29) is 11.6 Å². The van der Waals surface area contributed by atoms with Crippen LogP contribution in [-0.4, -0.2) is 30.4 Å². The number of carbonyl (C=O) groups excluding carboxylic acids is 1. The Morgan fingerprint density at radius 2 is 2.12 bits per heavy atom. The minimum atomic E-state index is -0.493. The molecule has 0 saturated heterocycles. The SMILES string of the molecule is Cn1ccnc1[C@@H](NC(=O)c1cnc(-c2ccccn2)[nH]c1=O)C1CC1. The van der Waals surface area contributed by atoms with E-state index in [1.54, 1.807) is 30.6 Å². The number of aromatic amines is 1. The van der Waals surface area contributed by atoms with Crippen LogP contribution in [0.15, 0.2) is 47.8 Å². The minimum absolute atomic E-state index is 0.0236. The number of aryl methyl sites for hydroxylation is 1. The van der Waals surface area contributed by atoms with Gasteiger partial charge in [-0.2, -0.15) is 0 Å². The molecule has 8 nitrogen and oxygen atoms in total. The third-order valence-electron chi connectivity index (χ3n) is 4.47. The lowest BCUT2D eigenvalue weighted by atomic mass is 10.1. The van der Waals surface area contributed by atoms with E-state index in [2.05, 4.69) is 25.3 Å². The van der Waals surface area contributed by atoms with Crippen molar-refractivity contribution in [2.24, 2.45) is 13.0 Å². The van der Waals surface area contributed by atoms with Crippen LogP contribution in [0.4, 0.5) is 0 Å². The van der Waals surface area contributed by atoms with Gasteiger partial charge < -0.3 is 14.9 Å². The summed E-state index contributed by atoms with van der Waals surface area (Å²) in [6.45, 7) is 0. The van der Waals surface area contributed by atoms with Gasteiger partial charge in [-0.15, -0.1) is 0 Å². The lowest BCUT2D eigenvalue weighted by Gasteiger charge is -2.17. The summed E-state index contributed by atoms with van der Waals surface area (Å²) in [6, 6.07) is 5.11. The summed E-state index contributed by atoms with van der Waals surface area (Å²) >= 11 is 0. The topological polar surface area (TPSA) is 106 Å². The van der Waals surface area contributed by atoms with E-state index >= 15 is 0 Å². The van der Waals surface area contributed by atoms with Gasteiger partial charge in [-0.3, -0.25) is 14.6 Å². The predicted molar refractivity (Wildman–Crippen MR) is 94.2 cm³/mol. The zero-order chi connectivity index (χ0) is 18.1. The number of hydrogen-bond donors (Lipinski definition) is 2. The van der Waals surface area contributed by atoms with Crippen LogP contribution in [0, 0.1) is 5.92 Å². The molecule has 1 fully saturated rings. The zero-order valence-corrected chi connectivity index (χ0v) is 14.2. The Morgan fingerprint density at radius 3 is 2.73 bits per heavy atom. The molecule has 132 valence electrons. The van der Waals surface area contributed by atoms with Crippen LogP contribution in [0.3, 0.4) is 0 Å². The largest absolute Gasteiger partial charge is 0.342 e. The summed E-state index contributed by atoms with van der Waals surface area (Å²) in [4.78, 5) is 40.3. The van der Waals surface area contributed by atoms with Crippen LogP contribution < -0.4 is 10.9 Å². The van der Waals surface area contributed by atoms with Crippen molar-refractivity contribution in [1.82, 2.24) is 29.8 Å². The van der Waals surface area contributed by atoms with Crippen molar-refractivity contribution in [2.45, 2.75) is 18.9 Å². The van der Waals surface area contributed by atoms with Gasteiger partial charge in [-0.05, 0) is 30.9 Å². The number of amides is 1. The van der Waals surface area contributed by atoms with Crippen molar-refractivity contribution in [3.8, 4) is 11.5 Å². The van der Waals surface area contributed by atoms with Gasteiger partial charge in [-0.25, -0.2) is 9.97 Å². The summed E-state index contributed by atoms with van der Waals surface area (Å²) in [5.41, 5.74) is 0.0255. The standard InChI is InChI=1S/C18H18N6O2/c1-24-9-8-20-16(24)14(11-5-6-11)22-17(25)12-10-21-15(23-18(12)26)13-4-2-3-7-19-13/h2-4,7-11,14H,5-6H2,1H3,(H,22,25)(H,21,23,26)/t14-/m0/s1. The average Bonchev–Trinajstić information content (AvgIpc) is 3.41. The van der Waals surface area contributed by atoms with Gasteiger partial charge in [0.05, 0.1) is 6.04 Å². The molecule has 1 amide bonds. The Kier molecular flexibility index (Phi) is 4.08. The molecular formula is C18H18N6O2. The average molecular weight is 350 g/mol. The fraction of sp³-hybridized carbons (Fsp3) is 0.278. The molecule has 0 radical (unpaired) electrons. The van der Waals surface area contributed by atoms with E-state index in [1.165, 1.54) is 6.20 Å². The molecule has 3 aromatic heterocycles. The molecule has 0 bridgehead atoms. The van der Waals surface area contributed by atoms with Crippen LogP contribution in [-0.2, 0) is 7.05 Å². The lowest BCUT2D eigenvalue weighted by molar-refractivity contribution is 0.0927. The van der Waals surface area contributed by atoms with Gasteiger partial charge in [0.1, 0.15) is 17.1 Å². The summed E-state index contributed by atoms with van der Waals surface area (Å²) in [6.07, 6.45) is 8.51. The Bertz CT molecular complexity index is 990. The van der Waals surface area contributed by atoms with E-state index in [4.69, 9.17) is 0 Å². The maximum Gasteiger partial charge on any atom is 0.264 e. The molecule has 1 aliphatic carbocycles. The number of imidazole rings is 1. The number of aromatic nitrogens is 5. The van der Waals surface area contributed by atoms with Crippen LogP contribution in [0.25, 0.3) is 11.5 Å². The second-order valence-electron chi connectivity index (χ2n) is 6.37. The Labute approximate surface area is 149 Å². The van der Waals surface area contributed by atoms with Gasteiger partial charge in [0.15, 0.2) is 5.82 Å². The number of pyridine rings is 1. The summed E-state index contributed by atoms with van der Waals surface area (Å²) in [7, 11) is 1.89. The van der Waals surface area contributed by atoms with Crippen LogP contribution >= 0.6 is 0 Å². The molecule has 1 atom stereocenters. The van der Waals surface area contributed by atoms with Crippen LogP contribution in [0.1, 0.15) is 35.1 Å². The van der Waals surface area contributed by atoms with Crippen molar-refractivity contribution >= 4 is 5.91 Å². The fourth-order valence-electron chi connectivity index (χ4n) is 2.91. The first-order chi connectivity index (χ1) is 12.6. The van der Waals surface area contributed by atoms with Crippen molar-refractivity contribution in [3.63, 3.8) is 0 Å². The number of carbonyl (C=O) groups is 1. The fourth-order valence-corrected chi connectivity index (χ4v) is 2.91. The monoisotopic (exact) mass is 350 g/mol. The molecule has 4 rings (SSSR count). The summed E-state index contributed by atoms with van der Waals surface area (Å²) in [5.74, 6) is 1.01. The first-order valence-electron chi connectivity index (χ1n) is 8.42. The second-order valence-corrected chi connectivity index (χ2v) is 6.37. The van der Waals surface area contributed by atoms with Crippen LogP contribution in [0.5, 0.6) is 0 Å². The Balaban J connectivity index is 1.58. The number of rotatable bonds is 5. The Hall–Kier alpha value is -3.29. The number of nitrogens with one attached hydrogen (secondary N) is 2. The first-order valence-corrected chi connectivity index (χ1v) is 8.42. The first kappa shape index (κ1) is 16.2. The van der Waals surface area contributed by atoms with Crippen molar-refractivity contribution in [2.75, 3.05) is 0 Å². The lowest BCUT2D eigenvalue weighted by Crippen LogP contribution is -2.35. The maximum absolute atomic E-state index is 12.6. The highest BCUT2D eigenvalue weighted by molar-refractivity contribution is 5.93. The van der Waals surface area contributed by atoms with E-state index in [0.717, 1.165) is 18.7 Å². The molecule has 0 unspecified atom stereocenters. The van der Waals surface area contributed by atoms with E-state index in [1.807, 2.05) is 17.8 Å². The highest BCUT2D eigenvalue weighted by Crippen LogP contribution is 2.40. The zero-order valence-electron chi connectivity index (χ0n) is 14.2. The predicted octanol–water partition coefficient (Wildman–Crippen LogP) is 1.45. The molecule has 1 aliphatic rings. The van der Waals surface area contributed by atoms with Gasteiger partial charge in [0, 0.05) is 31.8 Å². The number of nitrogens with zero attached hydrogens (tertiary/aromatic N) is 4. The molecule has 8 heteroatoms. The van der Waals surface area contributed by atoms with E-state index < -0.39 is 11.5 Å².